The molecule has 1 aliphatic carbocycles. The van der Waals surface area contributed by atoms with E-state index in [9.17, 15) is 14.7 Å². The Morgan fingerprint density at radius 3 is 1.52 bits per heavy atom. The molecule has 0 atom stereocenters. The lowest BCUT2D eigenvalue weighted by Gasteiger charge is -2.33. The van der Waals surface area contributed by atoms with Crippen LogP contribution >= 0.6 is 0 Å². The molecule has 0 spiro atoms. The zero-order chi connectivity index (χ0) is 22.6. The largest absolute Gasteiger partial charge is 0.481 e. The SMILES string of the molecule is CCCCCCCCCCCCCCCCCCC(=O)NCC1(C(=O)O)CCCCC1. The molecule has 0 aromatic heterocycles. The first kappa shape index (κ1) is 28.0. The van der Waals surface area contributed by atoms with Crippen molar-refractivity contribution >= 4 is 11.9 Å². The number of aliphatic carboxylic acids is 1. The Labute approximate surface area is 192 Å². The minimum Gasteiger partial charge on any atom is -0.481 e. The third kappa shape index (κ3) is 13.9. The Hall–Kier alpha value is -1.06. The monoisotopic (exact) mass is 437 g/mol. The van der Waals surface area contributed by atoms with Crippen molar-refractivity contribution in [3.8, 4) is 0 Å². The molecule has 1 aliphatic rings. The molecule has 4 nitrogen and oxygen atoms in total. The summed E-state index contributed by atoms with van der Waals surface area (Å²) in [6.07, 6.45) is 26.2. The third-order valence-electron chi connectivity index (χ3n) is 7.15. The minimum absolute atomic E-state index is 0.0246. The second-order valence-electron chi connectivity index (χ2n) is 9.98. The van der Waals surface area contributed by atoms with Crippen LogP contribution in [0.5, 0.6) is 0 Å². The van der Waals surface area contributed by atoms with Gasteiger partial charge in [-0.15, -0.1) is 0 Å². The van der Waals surface area contributed by atoms with E-state index in [0.29, 0.717) is 25.8 Å². The average molecular weight is 438 g/mol. The van der Waals surface area contributed by atoms with Crippen LogP contribution in [0.4, 0.5) is 0 Å². The Kier molecular flexibility index (Phi) is 16.7. The molecule has 2 N–H and O–H groups in total. The van der Waals surface area contributed by atoms with E-state index >= 15 is 0 Å². The summed E-state index contributed by atoms with van der Waals surface area (Å²) < 4.78 is 0. The van der Waals surface area contributed by atoms with Gasteiger partial charge in [-0.3, -0.25) is 9.59 Å². The van der Waals surface area contributed by atoms with E-state index in [2.05, 4.69) is 12.2 Å². The van der Waals surface area contributed by atoms with Crippen LogP contribution in [0, 0.1) is 5.41 Å². The molecule has 182 valence electrons. The number of hydrogen-bond donors (Lipinski definition) is 2. The lowest BCUT2D eigenvalue weighted by molar-refractivity contribution is -0.151. The Morgan fingerprint density at radius 1 is 0.677 bits per heavy atom. The number of unbranched alkanes of at least 4 members (excludes halogenated alkanes) is 15. The number of carbonyl (C=O) groups excluding carboxylic acids is 1. The van der Waals surface area contributed by atoms with Gasteiger partial charge in [0.2, 0.25) is 5.91 Å². The summed E-state index contributed by atoms with van der Waals surface area (Å²) in [5.41, 5.74) is -0.720. The molecule has 1 rings (SSSR count). The molecule has 4 heteroatoms. The van der Waals surface area contributed by atoms with Crippen LogP contribution in [0.15, 0.2) is 0 Å². The summed E-state index contributed by atoms with van der Waals surface area (Å²) in [6, 6.07) is 0. The Bertz CT molecular complexity index is 457. The van der Waals surface area contributed by atoms with Crippen molar-refractivity contribution < 1.29 is 14.7 Å². The molecule has 0 radical (unpaired) electrons. The first-order valence-electron chi connectivity index (χ1n) is 13.6. The van der Waals surface area contributed by atoms with Crippen LogP contribution in [0.2, 0.25) is 0 Å². The molecule has 0 heterocycles. The smallest absolute Gasteiger partial charge is 0.311 e. The van der Waals surface area contributed by atoms with Gasteiger partial charge in [0, 0.05) is 13.0 Å². The van der Waals surface area contributed by atoms with Gasteiger partial charge in [-0.25, -0.2) is 0 Å². The molecule has 0 unspecified atom stereocenters. The molecule has 1 fully saturated rings. The van der Waals surface area contributed by atoms with Gasteiger partial charge in [-0.2, -0.15) is 0 Å². The molecular weight excluding hydrogens is 386 g/mol. The maximum atomic E-state index is 12.1. The number of amides is 1. The van der Waals surface area contributed by atoms with E-state index < -0.39 is 11.4 Å². The van der Waals surface area contributed by atoms with Gasteiger partial charge in [0.15, 0.2) is 0 Å². The van der Waals surface area contributed by atoms with E-state index in [0.717, 1.165) is 32.1 Å². The first-order valence-corrected chi connectivity index (χ1v) is 13.6. The molecule has 0 aromatic rings. The molecule has 0 aromatic carbocycles. The minimum atomic E-state index is -0.741. The van der Waals surface area contributed by atoms with Crippen molar-refractivity contribution in [1.82, 2.24) is 5.32 Å². The van der Waals surface area contributed by atoms with E-state index in [1.807, 2.05) is 0 Å². The fraction of sp³-hybridized carbons (Fsp3) is 0.926. The maximum absolute atomic E-state index is 12.1. The van der Waals surface area contributed by atoms with Gasteiger partial charge in [0.05, 0.1) is 5.41 Å². The summed E-state index contributed by atoms with van der Waals surface area (Å²) in [5, 5.41) is 12.5. The van der Waals surface area contributed by atoms with E-state index in [-0.39, 0.29) is 5.91 Å². The normalized spacial score (nSPS) is 15.6. The van der Waals surface area contributed by atoms with Crippen molar-refractivity contribution in [1.29, 1.82) is 0 Å². The van der Waals surface area contributed by atoms with Gasteiger partial charge in [0.25, 0.3) is 0 Å². The van der Waals surface area contributed by atoms with Crippen LogP contribution in [-0.2, 0) is 9.59 Å². The van der Waals surface area contributed by atoms with Crippen molar-refractivity contribution in [3.05, 3.63) is 0 Å². The van der Waals surface area contributed by atoms with Crippen LogP contribution in [-0.4, -0.2) is 23.5 Å². The van der Waals surface area contributed by atoms with Crippen molar-refractivity contribution in [2.24, 2.45) is 5.41 Å². The average Bonchev–Trinajstić information content (AvgIpc) is 2.78. The maximum Gasteiger partial charge on any atom is 0.311 e. The summed E-state index contributed by atoms with van der Waals surface area (Å²) in [7, 11) is 0. The highest BCUT2D eigenvalue weighted by atomic mass is 16.4. The second-order valence-corrected chi connectivity index (χ2v) is 9.98. The third-order valence-corrected chi connectivity index (χ3v) is 7.15. The number of carbonyl (C=O) groups is 2. The number of rotatable bonds is 20. The predicted molar refractivity (Wildman–Crippen MR) is 130 cm³/mol. The molecular formula is C27H51NO3. The number of nitrogens with one attached hydrogen (secondary N) is 1. The predicted octanol–water partition coefficient (Wildman–Crippen LogP) is 7.79. The summed E-state index contributed by atoms with van der Waals surface area (Å²) in [5.74, 6) is -0.716. The van der Waals surface area contributed by atoms with Crippen molar-refractivity contribution in [2.75, 3.05) is 6.54 Å². The molecule has 31 heavy (non-hydrogen) atoms. The number of hydrogen-bond acceptors (Lipinski definition) is 2. The van der Waals surface area contributed by atoms with Crippen LogP contribution in [0.1, 0.15) is 148 Å². The highest BCUT2D eigenvalue weighted by Crippen LogP contribution is 2.36. The van der Waals surface area contributed by atoms with Crippen LogP contribution in [0.3, 0.4) is 0 Å². The summed E-state index contributed by atoms with van der Waals surface area (Å²) in [6.45, 7) is 2.58. The molecule has 0 bridgehead atoms. The summed E-state index contributed by atoms with van der Waals surface area (Å²) >= 11 is 0. The second kappa shape index (κ2) is 18.5. The van der Waals surface area contributed by atoms with Gasteiger partial charge in [-0.1, -0.05) is 122 Å². The molecule has 1 amide bonds. The van der Waals surface area contributed by atoms with Crippen molar-refractivity contribution in [3.63, 3.8) is 0 Å². The first-order chi connectivity index (χ1) is 15.1. The van der Waals surface area contributed by atoms with E-state index in [1.54, 1.807) is 0 Å². The highest BCUT2D eigenvalue weighted by molar-refractivity contribution is 5.79. The number of carboxylic acid groups (broad SMARTS) is 1. The van der Waals surface area contributed by atoms with E-state index in [4.69, 9.17) is 0 Å². The van der Waals surface area contributed by atoms with Crippen LogP contribution in [0.25, 0.3) is 0 Å². The van der Waals surface area contributed by atoms with Gasteiger partial charge < -0.3 is 10.4 Å². The van der Waals surface area contributed by atoms with Crippen LogP contribution < -0.4 is 5.32 Å². The number of carboxylic acids is 1. The zero-order valence-corrected chi connectivity index (χ0v) is 20.5. The zero-order valence-electron chi connectivity index (χ0n) is 20.5. The molecule has 0 saturated heterocycles. The fourth-order valence-electron chi connectivity index (χ4n) is 4.88. The van der Waals surface area contributed by atoms with E-state index in [1.165, 1.54) is 89.9 Å². The summed E-state index contributed by atoms with van der Waals surface area (Å²) in [4.78, 5) is 23.7. The van der Waals surface area contributed by atoms with Gasteiger partial charge in [-0.05, 0) is 19.3 Å². The molecule has 0 aliphatic heterocycles. The highest BCUT2D eigenvalue weighted by Gasteiger charge is 2.39. The standard InChI is InChI=1S/C27H51NO3/c1-2-3-4-5-6-7-8-9-10-11-12-13-14-15-16-18-21-25(29)28-24-27(26(30)31)22-19-17-20-23-27/h2-24H2,1H3,(H,28,29)(H,30,31). The fourth-order valence-corrected chi connectivity index (χ4v) is 4.88. The Morgan fingerprint density at radius 2 is 1.10 bits per heavy atom. The lowest BCUT2D eigenvalue weighted by Crippen LogP contribution is -2.44. The van der Waals surface area contributed by atoms with Gasteiger partial charge >= 0.3 is 5.97 Å². The Balaban J connectivity index is 1.86. The topological polar surface area (TPSA) is 66.4 Å². The van der Waals surface area contributed by atoms with Crippen molar-refractivity contribution in [2.45, 2.75) is 148 Å². The quantitative estimate of drug-likeness (QED) is 0.191. The molecule has 1 saturated carbocycles. The lowest BCUT2D eigenvalue weighted by atomic mass is 9.74. The van der Waals surface area contributed by atoms with Gasteiger partial charge in [0.1, 0.15) is 0 Å².